The summed E-state index contributed by atoms with van der Waals surface area (Å²) in [5.74, 6) is 0.412. The molecule has 3 heterocycles. The number of pyridine rings is 1. The van der Waals surface area contributed by atoms with E-state index in [4.69, 9.17) is 17.0 Å². The minimum absolute atomic E-state index is 0.248. The quantitative estimate of drug-likeness (QED) is 0.274. The van der Waals surface area contributed by atoms with E-state index in [0.717, 1.165) is 46.0 Å². The number of aryl methyl sites for hydroxylation is 1. The van der Waals surface area contributed by atoms with E-state index in [1.807, 2.05) is 43.3 Å². The molecule has 2 aromatic carbocycles. The molecular weight excluding hydrogens is 557 g/mol. The summed E-state index contributed by atoms with van der Waals surface area (Å²) in [6.07, 6.45) is 2.89. The smallest absolute Gasteiger partial charge is 0.229 e. The lowest BCUT2D eigenvalue weighted by Crippen LogP contribution is -2.29. The van der Waals surface area contributed by atoms with Crippen molar-refractivity contribution in [2.45, 2.75) is 25.9 Å². The first-order valence-electron chi connectivity index (χ1n) is 13.1. The molecule has 11 heteroatoms. The summed E-state index contributed by atoms with van der Waals surface area (Å²) in [5.41, 5.74) is 7.34. The van der Waals surface area contributed by atoms with E-state index in [-0.39, 0.29) is 12.1 Å². The Morgan fingerprint density at radius 2 is 1.73 bits per heavy atom. The van der Waals surface area contributed by atoms with Gasteiger partial charge in [0.25, 0.3) is 0 Å². The van der Waals surface area contributed by atoms with Crippen molar-refractivity contribution in [1.29, 1.82) is 0 Å². The van der Waals surface area contributed by atoms with Crippen LogP contribution in [0.4, 0.5) is 17.1 Å². The van der Waals surface area contributed by atoms with Gasteiger partial charge in [-0.2, -0.15) is 0 Å². The summed E-state index contributed by atoms with van der Waals surface area (Å²) in [6.45, 7) is 4.21. The molecule has 0 amide bonds. The highest BCUT2D eigenvalue weighted by Crippen LogP contribution is 2.45. The van der Waals surface area contributed by atoms with Gasteiger partial charge in [0, 0.05) is 48.7 Å². The van der Waals surface area contributed by atoms with Crippen LogP contribution in [-0.2, 0) is 10.0 Å². The number of nitrogens with zero attached hydrogens (tertiary/aromatic N) is 4. The first kappa shape index (κ1) is 28.4. The van der Waals surface area contributed by atoms with Crippen LogP contribution >= 0.6 is 12.2 Å². The number of nitrogens with one attached hydrogen (secondary N) is 2. The summed E-state index contributed by atoms with van der Waals surface area (Å²) in [6, 6.07) is 21.4. The SMILES string of the molecule is COc1ccc(N2C(=S)N[C@@H](c3ccccn3)[C@H]2c2cc(C)n(-c3ccc(N(C)C)cc3)c2C)cc1NS(C)(=O)=O. The van der Waals surface area contributed by atoms with Gasteiger partial charge in [0.05, 0.1) is 36.8 Å². The van der Waals surface area contributed by atoms with Gasteiger partial charge in [0.2, 0.25) is 10.0 Å². The van der Waals surface area contributed by atoms with Crippen LogP contribution in [0.15, 0.2) is 72.9 Å². The molecule has 4 aromatic rings. The monoisotopic (exact) mass is 590 g/mol. The Hall–Kier alpha value is -4.09. The Kier molecular flexibility index (Phi) is 7.67. The Bertz CT molecular complexity index is 1690. The summed E-state index contributed by atoms with van der Waals surface area (Å²) >= 11 is 5.91. The van der Waals surface area contributed by atoms with Crippen LogP contribution in [0.3, 0.4) is 0 Å². The van der Waals surface area contributed by atoms with Crippen molar-refractivity contribution in [2.75, 3.05) is 42.0 Å². The molecule has 1 saturated heterocycles. The zero-order valence-corrected chi connectivity index (χ0v) is 25.5. The largest absolute Gasteiger partial charge is 0.495 e. The van der Waals surface area contributed by atoms with Crippen LogP contribution in [0, 0.1) is 13.8 Å². The fourth-order valence-corrected chi connectivity index (χ4v) is 6.36. The second kappa shape index (κ2) is 11.1. The van der Waals surface area contributed by atoms with Gasteiger partial charge in [-0.3, -0.25) is 9.71 Å². The molecule has 0 spiro atoms. The summed E-state index contributed by atoms with van der Waals surface area (Å²) < 4.78 is 34.5. The zero-order chi connectivity index (χ0) is 29.5. The standard InChI is InChI=1S/C30H34N6O3S2/c1-19-17-24(20(2)35(19)22-12-10-21(11-13-22)34(3)4)29-28(25-9-7-8-16-31-25)32-30(40)36(29)23-14-15-27(39-5)26(18-23)33-41(6,37)38/h7-18,28-29,33H,1-6H3,(H,32,40)/t28-,29+/m0/s1. The predicted molar refractivity (Wildman–Crippen MR) is 169 cm³/mol. The third-order valence-electron chi connectivity index (χ3n) is 7.27. The number of thiocarbonyl (C=S) groups is 1. The minimum Gasteiger partial charge on any atom is -0.495 e. The van der Waals surface area contributed by atoms with E-state index in [0.29, 0.717) is 16.5 Å². The lowest BCUT2D eigenvalue weighted by molar-refractivity contribution is 0.417. The molecule has 0 aliphatic carbocycles. The number of ether oxygens (including phenoxy) is 1. The molecule has 1 aliphatic rings. The number of anilines is 3. The molecular formula is C30H34N6O3S2. The molecule has 2 aromatic heterocycles. The van der Waals surface area contributed by atoms with Crippen molar-refractivity contribution >= 4 is 44.4 Å². The fraction of sp³-hybridized carbons (Fsp3) is 0.267. The number of methoxy groups -OCH3 is 1. The molecule has 0 radical (unpaired) electrons. The molecule has 0 saturated carbocycles. The molecule has 1 aliphatic heterocycles. The van der Waals surface area contributed by atoms with Crippen molar-refractivity contribution in [3.05, 3.63) is 95.6 Å². The highest BCUT2D eigenvalue weighted by Gasteiger charge is 2.42. The van der Waals surface area contributed by atoms with Crippen LogP contribution in [0.25, 0.3) is 5.69 Å². The van der Waals surface area contributed by atoms with E-state index in [9.17, 15) is 8.42 Å². The Balaban J connectivity index is 1.66. The van der Waals surface area contributed by atoms with E-state index >= 15 is 0 Å². The molecule has 1 fully saturated rings. The van der Waals surface area contributed by atoms with Gasteiger partial charge in [-0.25, -0.2) is 8.42 Å². The maximum atomic E-state index is 12.1. The van der Waals surface area contributed by atoms with Crippen LogP contribution < -0.4 is 24.6 Å². The normalized spacial score (nSPS) is 16.9. The summed E-state index contributed by atoms with van der Waals surface area (Å²) in [4.78, 5) is 8.77. The molecule has 41 heavy (non-hydrogen) atoms. The zero-order valence-electron chi connectivity index (χ0n) is 23.9. The van der Waals surface area contributed by atoms with Crippen LogP contribution in [0.5, 0.6) is 5.75 Å². The predicted octanol–water partition coefficient (Wildman–Crippen LogP) is 5.11. The van der Waals surface area contributed by atoms with E-state index in [1.165, 1.54) is 7.11 Å². The summed E-state index contributed by atoms with van der Waals surface area (Å²) in [7, 11) is 2.01. The van der Waals surface area contributed by atoms with Crippen molar-refractivity contribution in [1.82, 2.24) is 14.9 Å². The van der Waals surface area contributed by atoms with Gasteiger partial charge in [-0.15, -0.1) is 0 Å². The van der Waals surface area contributed by atoms with Gasteiger partial charge < -0.3 is 24.4 Å². The average molecular weight is 591 g/mol. The molecule has 2 atom stereocenters. The number of benzene rings is 2. The Morgan fingerprint density at radius 3 is 2.34 bits per heavy atom. The Labute approximate surface area is 246 Å². The van der Waals surface area contributed by atoms with Gasteiger partial charge in [0.1, 0.15) is 5.75 Å². The highest BCUT2D eigenvalue weighted by atomic mass is 32.2. The van der Waals surface area contributed by atoms with E-state index < -0.39 is 10.0 Å². The van der Waals surface area contributed by atoms with Crippen molar-refractivity contribution < 1.29 is 13.2 Å². The number of sulfonamides is 1. The number of hydrogen-bond donors (Lipinski definition) is 2. The maximum Gasteiger partial charge on any atom is 0.229 e. The van der Waals surface area contributed by atoms with Crippen LogP contribution in [0.1, 0.15) is 34.7 Å². The third kappa shape index (κ3) is 5.59. The molecule has 214 valence electrons. The summed E-state index contributed by atoms with van der Waals surface area (Å²) in [5, 5.41) is 4.00. The second-order valence-electron chi connectivity index (χ2n) is 10.3. The number of rotatable bonds is 8. The van der Waals surface area contributed by atoms with Crippen molar-refractivity contribution in [3.63, 3.8) is 0 Å². The van der Waals surface area contributed by atoms with Crippen molar-refractivity contribution in [2.24, 2.45) is 0 Å². The number of aromatic nitrogens is 2. The number of hydrogen-bond acceptors (Lipinski definition) is 6. The van der Waals surface area contributed by atoms with Gasteiger partial charge in [-0.1, -0.05) is 6.07 Å². The molecule has 9 nitrogen and oxygen atoms in total. The van der Waals surface area contributed by atoms with Gasteiger partial charge in [-0.05, 0) is 92.3 Å². The lowest BCUT2D eigenvalue weighted by atomic mass is 9.96. The molecule has 2 N–H and O–H groups in total. The van der Waals surface area contributed by atoms with Gasteiger partial charge >= 0.3 is 0 Å². The van der Waals surface area contributed by atoms with Gasteiger partial charge in [0.15, 0.2) is 5.11 Å². The van der Waals surface area contributed by atoms with Crippen LogP contribution in [-0.4, -0.2) is 50.5 Å². The first-order valence-corrected chi connectivity index (χ1v) is 15.4. The molecule has 5 rings (SSSR count). The average Bonchev–Trinajstić information content (AvgIpc) is 3.43. The van der Waals surface area contributed by atoms with E-state index in [1.54, 1.807) is 18.3 Å². The minimum atomic E-state index is -3.54. The topological polar surface area (TPSA) is 91.7 Å². The third-order valence-corrected chi connectivity index (χ3v) is 8.17. The molecule has 0 unspecified atom stereocenters. The Morgan fingerprint density at radius 1 is 1.02 bits per heavy atom. The fourth-order valence-electron chi connectivity index (χ4n) is 5.46. The molecule has 0 bridgehead atoms. The maximum absolute atomic E-state index is 12.1. The van der Waals surface area contributed by atoms with E-state index in [2.05, 4.69) is 68.7 Å². The highest BCUT2D eigenvalue weighted by molar-refractivity contribution is 7.92. The van der Waals surface area contributed by atoms with Crippen molar-refractivity contribution in [3.8, 4) is 11.4 Å². The second-order valence-corrected chi connectivity index (χ2v) is 12.5. The lowest BCUT2D eigenvalue weighted by Gasteiger charge is -2.29. The van der Waals surface area contributed by atoms with Crippen LogP contribution in [0.2, 0.25) is 0 Å². The first-order chi connectivity index (χ1) is 19.5.